The minimum Gasteiger partial charge on any atom is -0.481 e. The van der Waals surface area contributed by atoms with Crippen molar-refractivity contribution in [1.82, 2.24) is 5.32 Å². The molecule has 3 unspecified atom stereocenters. The normalized spacial score (nSPS) is 24.1. The number of carboxylic acid groups (broad SMARTS) is 1. The van der Waals surface area contributed by atoms with E-state index in [2.05, 4.69) is 19.2 Å². The van der Waals surface area contributed by atoms with Gasteiger partial charge in [-0.05, 0) is 18.8 Å². The van der Waals surface area contributed by atoms with Gasteiger partial charge in [0.2, 0.25) is 5.91 Å². The van der Waals surface area contributed by atoms with E-state index >= 15 is 0 Å². The van der Waals surface area contributed by atoms with Gasteiger partial charge in [0.25, 0.3) is 0 Å². The number of aliphatic carboxylic acids is 1. The molecule has 4 nitrogen and oxygen atoms in total. The molecule has 1 fully saturated rings. The summed E-state index contributed by atoms with van der Waals surface area (Å²) < 4.78 is 0. The van der Waals surface area contributed by atoms with Crippen molar-refractivity contribution in [3.63, 3.8) is 0 Å². The minimum absolute atomic E-state index is 0.0765. The molecular weight excluding hydrogens is 218 g/mol. The van der Waals surface area contributed by atoms with Gasteiger partial charge in [-0.1, -0.05) is 33.1 Å². The zero-order chi connectivity index (χ0) is 12.8. The lowest BCUT2D eigenvalue weighted by atomic mass is 9.99. The second-order valence-corrected chi connectivity index (χ2v) is 4.95. The fourth-order valence-corrected chi connectivity index (χ4v) is 2.08. The molecular formula is C13H23NO3. The Labute approximate surface area is 103 Å². The molecule has 0 heterocycles. The van der Waals surface area contributed by atoms with Crippen LogP contribution in [0, 0.1) is 17.8 Å². The molecule has 1 aliphatic carbocycles. The number of amides is 1. The van der Waals surface area contributed by atoms with Crippen LogP contribution in [0.1, 0.15) is 46.0 Å². The Morgan fingerprint density at radius 1 is 1.35 bits per heavy atom. The highest BCUT2D eigenvalue weighted by molar-refractivity contribution is 5.89. The first-order chi connectivity index (χ1) is 8.10. The Kier molecular flexibility index (Phi) is 5.45. The maximum absolute atomic E-state index is 11.6. The molecule has 3 atom stereocenters. The standard InChI is InChI=1S/C13H23NO3/c1-3-5-6-9(4-2)8-14-12(15)10-7-11(10)13(16)17/h9-11H,3-8H2,1-2H3,(H,14,15)(H,16,17). The first-order valence-corrected chi connectivity index (χ1v) is 6.60. The predicted molar refractivity (Wildman–Crippen MR) is 65.5 cm³/mol. The van der Waals surface area contributed by atoms with E-state index in [1.54, 1.807) is 0 Å². The third-order valence-corrected chi connectivity index (χ3v) is 3.55. The Bertz CT molecular complexity index is 278. The van der Waals surface area contributed by atoms with Crippen molar-refractivity contribution < 1.29 is 14.7 Å². The Balaban J connectivity index is 2.21. The molecule has 0 aromatic heterocycles. The summed E-state index contributed by atoms with van der Waals surface area (Å²) in [7, 11) is 0. The fraction of sp³-hybridized carbons (Fsp3) is 0.846. The lowest BCUT2D eigenvalue weighted by Gasteiger charge is -2.15. The predicted octanol–water partition coefficient (Wildman–Crippen LogP) is 2.04. The Hall–Kier alpha value is -1.06. The van der Waals surface area contributed by atoms with Gasteiger partial charge in [-0.2, -0.15) is 0 Å². The number of carboxylic acids is 1. The molecule has 98 valence electrons. The van der Waals surface area contributed by atoms with Crippen LogP contribution >= 0.6 is 0 Å². The first-order valence-electron chi connectivity index (χ1n) is 6.60. The molecule has 1 rings (SSSR count). The average molecular weight is 241 g/mol. The van der Waals surface area contributed by atoms with Gasteiger partial charge in [0, 0.05) is 6.54 Å². The van der Waals surface area contributed by atoms with Gasteiger partial charge >= 0.3 is 5.97 Å². The number of unbranched alkanes of at least 4 members (excludes halogenated alkanes) is 1. The highest BCUT2D eigenvalue weighted by Crippen LogP contribution is 2.38. The molecule has 0 radical (unpaired) electrons. The SMILES string of the molecule is CCCCC(CC)CNC(=O)C1CC1C(=O)O. The highest BCUT2D eigenvalue weighted by Gasteiger charge is 2.48. The number of rotatable bonds is 8. The smallest absolute Gasteiger partial charge is 0.307 e. The van der Waals surface area contributed by atoms with Crippen molar-refractivity contribution in [2.24, 2.45) is 17.8 Å². The van der Waals surface area contributed by atoms with Gasteiger partial charge in [-0.3, -0.25) is 9.59 Å². The summed E-state index contributed by atoms with van der Waals surface area (Å²) in [5.41, 5.74) is 0. The molecule has 4 heteroatoms. The fourth-order valence-electron chi connectivity index (χ4n) is 2.08. The second kappa shape index (κ2) is 6.62. The summed E-state index contributed by atoms with van der Waals surface area (Å²) in [6, 6.07) is 0. The van der Waals surface area contributed by atoms with Crippen LogP contribution in [0.4, 0.5) is 0 Å². The van der Waals surface area contributed by atoms with Crippen molar-refractivity contribution in [1.29, 1.82) is 0 Å². The summed E-state index contributed by atoms with van der Waals surface area (Å²) in [6.07, 6.45) is 5.07. The number of hydrogen-bond acceptors (Lipinski definition) is 2. The minimum atomic E-state index is -0.844. The van der Waals surface area contributed by atoms with Gasteiger partial charge < -0.3 is 10.4 Å². The molecule has 1 saturated carbocycles. The van der Waals surface area contributed by atoms with Crippen LogP contribution in [0.15, 0.2) is 0 Å². The summed E-state index contributed by atoms with van der Waals surface area (Å²) in [5.74, 6) is -1.11. The van der Waals surface area contributed by atoms with E-state index in [4.69, 9.17) is 5.11 Å². The van der Waals surface area contributed by atoms with E-state index < -0.39 is 11.9 Å². The maximum atomic E-state index is 11.6. The largest absolute Gasteiger partial charge is 0.481 e. The van der Waals surface area contributed by atoms with Crippen LogP contribution in [0.3, 0.4) is 0 Å². The van der Waals surface area contributed by atoms with Crippen molar-refractivity contribution in [3.05, 3.63) is 0 Å². The van der Waals surface area contributed by atoms with E-state index in [-0.39, 0.29) is 11.8 Å². The van der Waals surface area contributed by atoms with Gasteiger partial charge in [-0.25, -0.2) is 0 Å². The Morgan fingerprint density at radius 3 is 2.53 bits per heavy atom. The summed E-state index contributed by atoms with van der Waals surface area (Å²) >= 11 is 0. The van der Waals surface area contributed by atoms with E-state index in [1.165, 1.54) is 12.8 Å². The van der Waals surface area contributed by atoms with Crippen molar-refractivity contribution >= 4 is 11.9 Å². The summed E-state index contributed by atoms with van der Waals surface area (Å²) in [6.45, 7) is 4.98. The van der Waals surface area contributed by atoms with Gasteiger partial charge in [0.05, 0.1) is 11.8 Å². The van der Waals surface area contributed by atoms with E-state index in [0.717, 1.165) is 12.8 Å². The third kappa shape index (κ3) is 4.36. The number of carbonyl (C=O) groups excluding carboxylic acids is 1. The van der Waals surface area contributed by atoms with Crippen molar-refractivity contribution in [2.45, 2.75) is 46.0 Å². The van der Waals surface area contributed by atoms with E-state index in [0.29, 0.717) is 18.9 Å². The van der Waals surface area contributed by atoms with Crippen LogP contribution < -0.4 is 5.32 Å². The Morgan fingerprint density at radius 2 is 2.06 bits per heavy atom. The molecule has 1 amide bonds. The molecule has 1 aliphatic rings. The highest BCUT2D eigenvalue weighted by atomic mass is 16.4. The second-order valence-electron chi connectivity index (χ2n) is 4.95. The lowest BCUT2D eigenvalue weighted by Crippen LogP contribution is -2.31. The van der Waals surface area contributed by atoms with Crippen molar-refractivity contribution in [2.75, 3.05) is 6.54 Å². The molecule has 0 aromatic carbocycles. The number of carbonyl (C=O) groups is 2. The quantitative estimate of drug-likeness (QED) is 0.683. The van der Waals surface area contributed by atoms with Gasteiger partial charge in [0.1, 0.15) is 0 Å². The van der Waals surface area contributed by atoms with Crippen molar-refractivity contribution in [3.8, 4) is 0 Å². The molecule has 0 aliphatic heterocycles. The summed E-state index contributed by atoms with van der Waals surface area (Å²) in [4.78, 5) is 22.3. The van der Waals surface area contributed by atoms with Crippen LogP contribution in [-0.2, 0) is 9.59 Å². The molecule has 17 heavy (non-hydrogen) atoms. The zero-order valence-electron chi connectivity index (χ0n) is 10.7. The maximum Gasteiger partial charge on any atom is 0.307 e. The van der Waals surface area contributed by atoms with Gasteiger partial charge in [-0.15, -0.1) is 0 Å². The first kappa shape index (κ1) is 14.0. The zero-order valence-corrected chi connectivity index (χ0v) is 10.7. The van der Waals surface area contributed by atoms with Crippen LogP contribution in [0.25, 0.3) is 0 Å². The average Bonchev–Trinajstić information content (AvgIpc) is 3.09. The van der Waals surface area contributed by atoms with Gasteiger partial charge in [0.15, 0.2) is 0 Å². The number of hydrogen-bond donors (Lipinski definition) is 2. The topological polar surface area (TPSA) is 66.4 Å². The molecule has 0 bridgehead atoms. The molecule has 0 aromatic rings. The van der Waals surface area contributed by atoms with Crippen LogP contribution in [0.2, 0.25) is 0 Å². The lowest BCUT2D eigenvalue weighted by molar-refractivity contribution is -0.140. The molecule has 0 spiro atoms. The monoisotopic (exact) mass is 241 g/mol. The molecule has 0 saturated heterocycles. The van der Waals surface area contributed by atoms with Crippen LogP contribution in [-0.4, -0.2) is 23.5 Å². The van der Waals surface area contributed by atoms with E-state index in [1.807, 2.05) is 0 Å². The number of nitrogens with one attached hydrogen (secondary N) is 1. The molecule has 2 N–H and O–H groups in total. The van der Waals surface area contributed by atoms with Crippen LogP contribution in [0.5, 0.6) is 0 Å². The van der Waals surface area contributed by atoms with E-state index in [9.17, 15) is 9.59 Å². The third-order valence-electron chi connectivity index (χ3n) is 3.55. The summed E-state index contributed by atoms with van der Waals surface area (Å²) in [5, 5.41) is 11.6.